The Morgan fingerprint density at radius 2 is 0.954 bits per heavy atom. The molecule has 4 aliphatic rings. The van der Waals surface area contributed by atoms with Crippen molar-refractivity contribution in [2.45, 2.75) is 92.3 Å². The second-order valence-electron chi connectivity index (χ2n) is 17.5. The highest BCUT2D eigenvalue weighted by Crippen LogP contribution is 2.49. The minimum atomic E-state index is -1.06. The van der Waals surface area contributed by atoms with Crippen LogP contribution < -0.4 is 0 Å². The van der Waals surface area contributed by atoms with E-state index in [4.69, 9.17) is 28.4 Å². The van der Waals surface area contributed by atoms with E-state index in [2.05, 4.69) is 0 Å². The zero-order chi connectivity index (χ0) is 47.0. The van der Waals surface area contributed by atoms with Crippen molar-refractivity contribution in [1.29, 1.82) is 0 Å². The summed E-state index contributed by atoms with van der Waals surface area (Å²) in [6.45, 7) is 16.0. The summed E-state index contributed by atoms with van der Waals surface area (Å²) in [5.41, 5.74) is 5.64. The molecule has 65 heavy (non-hydrogen) atoms. The molecule has 0 saturated carbocycles. The van der Waals surface area contributed by atoms with Gasteiger partial charge in [0.1, 0.15) is 17.0 Å². The van der Waals surface area contributed by atoms with E-state index in [0.717, 1.165) is 39.9 Å². The van der Waals surface area contributed by atoms with Crippen LogP contribution in [0.2, 0.25) is 0 Å². The van der Waals surface area contributed by atoms with Crippen molar-refractivity contribution < 1.29 is 60.8 Å². The molecule has 0 aromatic heterocycles. The monoisotopic (exact) mass is 894 g/mol. The number of rotatable bonds is 8. The van der Waals surface area contributed by atoms with Gasteiger partial charge in [-0.25, -0.2) is 22.8 Å². The fraction of sp³-hybridized carbons (Fsp3) is 0.385. The van der Waals surface area contributed by atoms with E-state index in [0.29, 0.717) is 85.5 Å². The van der Waals surface area contributed by atoms with Gasteiger partial charge in [0.25, 0.3) is 0 Å². The molecule has 0 N–H and O–H groups in total. The van der Waals surface area contributed by atoms with Crippen molar-refractivity contribution >= 4 is 35.0 Å². The molecule has 8 rings (SSSR count). The van der Waals surface area contributed by atoms with E-state index in [1.54, 1.807) is 58.9 Å². The lowest BCUT2D eigenvalue weighted by atomic mass is 9.85. The molecule has 4 heterocycles. The standard InChI is InChI=1S/C26H26F2O5.C26H27FO5/c1-14(2)24(29)32-23-22(25(30)33-26(23)9-11-31-12-10-26)21-15(3)5-7-18(16(21)4)17-6-8-19(27)20(28)13-17;1-15(2)24(28)31-23-22(25(29)32-26(23)11-13-30-14-12-26)21-16(3)5-10-20(17(21)4)18-6-8-19(27)9-7-18/h5-8,13-14H,9-12H2,1-4H3;5-10,15H,11-14H2,1-4H3. The molecule has 13 heteroatoms. The van der Waals surface area contributed by atoms with Crippen LogP contribution in [0.25, 0.3) is 33.4 Å². The van der Waals surface area contributed by atoms with Crippen molar-refractivity contribution in [3.05, 3.63) is 129 Å². The van der Waals surface area contributed by atoms with Gasteiger partial charge in [-0.1, -0.05) is 70.2 Å². The van der Waals surface area contributed by atoms with Gasteiger partial charge in [0.2, 0.25) is 0 Å². The molecular weight excluding hydrogens is 842 g/mol. The summed E-state index contributed by atoms with van der Waals surface area (Å²) in [4.78, 5) is 51.7. The van der Waals surface area contributed by atoms with E-state index in [-0.39, 0.29) is 28.8 Å². The maximum atomic E-state index is 13.9. The van der Waals surface area contributed by atoms with Gasteiger partial charge in [0.15, 0.2) is 34.4 Å². The first kappa shape index (κ1) is 46.9. The molecule has 0 aliphatic carbocycles. The molecule has 2 spiro atoms. The Bertz CT molecular complexity index is 2610. The van der Waals surface area contributed by atoms with Crippen molar-refractivity contribution in [2.75, 3.05) is 26.4 Å². The van der Waals surface area contributed by atoms with Gasteiger partial charge in [-0.3, -0.25) is 9.59 Å². The van der Waals surface area contributed by atoms with Crippen LogP contribution in [-0.4, -0.2) is 61.5 Å². The summed E-state index contributed by atoms with van der Waals surface area (Å²) >= 11 is 0. The predicted octanol–water partition coefficient (Wildman–Crippen LogP) is 10.4. The zero-order valence-electron chi connectivity index (χ0n) is 37.9. The number of carbonyl (C=O) groups excluding carboxylic acids is 4. The van der Waals surface area contributed by atoms with E-state index < -0.39 is 52.6 Å². The van der Waals surface area contributed by atoms with Crippen LogP contribution >= 0.6 is 0 Å². The second kappa shape index (κ2) is 18.8. The molecule has 4 aliphatic heterocycles. The topological polar surface area (TPSA) is 124 Å². The second-order valence-corrected chi connectivity index (χ2v) is 17.5. The van der Waals surface area contributed by atoms with Crippen molar-refractivity contribution in [2.24, 2.45) is 11.8 Å². The Morgan fingerprint density at radius 3 is 1.35 bits per heavy atom. The molecule has 2 fully saturated rings. The van der Waals surface area contributed by atoms with Gasteiger partial charge in [0.05, 0.1) is 38.3 Å². The smallest absolute Gasteiger partial charge is 0.343 e. The normalized spacial score (nSPS) is 17.7. The summed E-state index contributed by atoms with van der Waals surface area (Å²) in [5.74, 6) is -4.41. The quantitative estimate of drug-likeness (QED) is 0.125. The maximum absolute atomic E-state index is 13.9. The lowest BCUT2D eigenvalue weighted by molar-refractivity contribution is -0.161. The molecule has 0 atom stereocenters. The van der Waals surface area contributed by atoms with Gasteiger partial charge < -0.3 is 28.4 Å². The Labute approximate surface area is 376 Å². The van der Waals surface area contributed by atoms with Crippen LogP contribution in [-0.2, 0) is 47.6 Å². The first-order valence-electron chi connectivity index (χ1n) is 21.9. The lowest BCUT2D eigenvalue weighted by Crippen LogP contribution is -2.40. The number of hydrogen-bond donors (Lipinski definition) is 0. The third-order valence-electron chi connectivity index (χ3n) is 12.4. The van der Waals surface area contributed by atoms with Crippen LogP contribution in [0.3, 0.4) is 0 Å². The molecule has 0 unspecified atom stereocenters. The number of carbonyl (C=O) groups is 4. The molecule has 342 valence electrons. The lowest BCUT2D eigenvalue weighted by Gasteiger charge is -2.33. The molecule has 0 amide bonds. The fourth-order valence-corrected chi connectivity index (χ4v) is 8.79. The third-order valence-corrected chi connectivity index (χ3v) is 12.4. The van der Waals surface area contributed by atoms with Crippen molar-refractivity contribution in [1.82, 2.24) is 0 Å². The van der Waals surface area contributed by atoms with Gasteiger partial charge in [-0.2, -0.15) is 0 Å². The van der Waals surface area contributed by atoms with Gasteiger partial charge >= 0.3 is 23.9 Å². The SMILES string of the molecule is Cc1ccc(-c2ccc(F)c(F)c2)c(C)c1C1=C(OC(=O)C(C)C)C2(CCOCC2)OC1=O.Cc1ccc(-c2ccc(F)cc2)c(C)c1C1=C(OC(=O)C(C)C)C2(CCOCC2)OC1=O. The first-order chi connectivity index (χ1) is 30.9. The van der Waals surface area contributed by atoms with E-state index >= 15 is 0 Å². The highest BCUT2D eigenvalue weighted by atomic mass is 19.2. The van der Waals surface area contributed by atoms with Gasteiger partial charge in [-0.05, 0) is 108 Å². The predicted molar refractivity (Wildman–Crippen MR) is 236 cm³/mol. The van der Waals surface area contributed by atoms with Crippen LogP contribution in [0, 0.1) is 57.0 Å². The first-order valence-corrected chi connectivity index (χ1v) is 21.9. The summed E-state index contributed by atoms with van der Waals surface area (Å²) in [5, 5.41) is 0. The number of halogens is 3. The summed E-state index contributed by atoms with van der Waals surface area (Å²) in [6, 6.07) is 17.4. The minimum Gasteiger partial charge on any atom is -0.447 e. The van der Waals surface area contributed by atoms with E-state index in [1.807, 2.05) is 32.9 Å². The number of esters is 4. The molecule has 0 bridgehead atoms. The fourth-order valence-electron chi connectivity index (χ4n) is 8.79. The van der Waals surface area contributed by atoms with Gasteiger partial charge in [0, 0.05) is 25.7 Å². The number of aryl methyl sites for hydroxylation is 2. The molecule has 2 saturated heterocycles. The zero-order valence-corrected chi connectivity index (χ0v) is 37.9. The molecule has 4 aromatic carbocycles. The Hall–Kier alpha value is -6.05. The van der Waals surface area contributed by atoms with Crippen LogP contribution in [0.4, 0.5) is 13.2 Å². The van der Waals surface area contributed by atoms with E-state index in [1.165, 1.54) is 18.2 Å². The van der Waals surface area contributed by atoms with Crippen LogP contribution in [0.5, 0.6) is 0 Å². The average Bonchev–Trinajstić information content (AvgIpc) is 3.66. The van der Waals surface area contributed by atoms with Crippen molar-refractivity contribution in [3.63, 3.8) is 0 Å². The Morgan fingerprint density at radius 1 is 0.554 bits per heavy atom. The Balaban J connectivity index is 0.000000194. The van der Waals surface area contributed by atoms with E-state index in [9.17, 15) is 32.3 Å². The molecule has 0 radical (unpaired) electrons. The van der Waals surface area contributed by atoms with Crippen LogP contribution in [0.15, 0.2) is 78.2 Å². The molecule has 4 aromatic rings. The van der Waals surface area contributed by atoms with Crippen molar-refractivity contribution in [3.8, 4) is 22.3 Å². The largest absolute Gasteiger partial charge is 0.447 e. The Kier molecular flexibility index (Phi) is 13.6. The van der Waals surface area contributed by atoms with Gasteiger partial charge in [-0.15, -0.1) is 0 Å². The average molecular weight is 895 g/mol. The summed E-state index contributed by atoms with van der Waals surface area (Å²) in [6.07, 6.45) is 1.62. The highest BCUT2D eigenvalue weighted by molar-refractivity contribution is 6.22. The third kappa shape index (κ3) is 9.13. The number of ether oxygens (including phenoxy) is 6. The number of hydrogen-bond acceptors (Lipinski definition) is 10. The maximum Gasteiger partial charge on any atom is 0.343 e. The molecule has 10 nitrogen and oxygen atoms in total. The summed E-state index contributed by atoms with van der Waals surface area (Å²) < 4.78 is 75.3. The highest BCUT2D eigenvalue weighted by Gasteiger charge is 2.53. The number of benzene rings is 4. The summed E-state index contributed by atoms with van der Waals surface area (Å²) in [7, 11) is 0. The molecular formula is C52H53F3O10. The van der Waals surface area contributed by atoms with Crippen LogP contribution in [0.1, 0.15) is 86.8 Å². The minimum absolute atomic E-state index is 0.199.